The van der Waals surface area contributed by atoms with Crippen molar-refractivity contribution in [3.05, 3.63) is 89.4 Å². The van der Waals surface area contributed by atoms with Crippen LogP contribution in [-0.2, 0) is 27.5 Å². The molecule has 2 N–H and O–H groups in total. The normalized spacial score (nSPS) is 16.6. The Morgan fingerprint density at radius 3 is 2.59 bits per heavy atom. The van der Waals surface area contributed by atoms with Crippen molar-refractivity contribution in [1.29, 1.82) is 0 Å². The van der Waals surface area contributed by atoms with E-state index in [9.17, 15) is 14.4 Å². The number of amides is 3. The van der Waals surface area contributed by atoms with Gasteiger partial charge in [0.05, 0.1) is 30.2 Å². The van der Waals surface area contributed by atoms with Crippen molar-refractivity contribution < 1.29 is 18.8 Å². The fraction of sp³-hybridized carbons (Fsp3) is 0.276. The first-order chi connectivity index (χ1) is 18.9. The molecule has 2 atom stereocenters. The molecule has 2 aromatic carbocycles. The number of benzene rings is 2. The minimum Gasteiger partial charge on any atom is -0.467 e. The first-order valence-corrected chi connectivity index (χ1v) is 13.7. The van der Waals surface area contributed by atoms with Gasteiger partial charge in [-0.2, -0.15) is 0 Å². The fourth-order valence-corrected chi connectivity index (χ4v) is 5.36. The highest BCUT2D eigenvalue weighted by Gasteiger charge is 2.43. The maximum atomic E-state index is 13.5. The summed E-state index contributed by atoms with van der Waals surface area (Å²) in [6.45, 7) is 4.59. The molecule has 1 aromatic heterocycles. The van der Waals surface area contributed by atoms with Crippen LogP contribution >= 0.6 is 11.8 Å². The molecule has 0 radical (unpaired) electrons. The fourth-order valence-electron chi connectivity index (χ4n) is 4.32. The van der Waals surface area contributed by atoms with Crippen LogP contribution in [0.4, 0.5) is 5.69 Å². The van der Waals surface area contributed by atoms with Gasteiger partial charge in [-0.15, -0.1) is 0 Å². The van der Waals surface area contributed by atoms with Gasteiger partial charge in [-0.05, 0) is 43.2 Å². The van der Waals surface area contributed by atoms with Gasteiger partial charge >= 0.3 is 0 Å². The summed E-state index contributed by atoms with van der Waals surface area (Å²) in [5.41, 5.74) is 3.55. The number of nitrogens with one attached hydrogen (secondary N) is 2. The van der Waals surface area contributed by atoms with E-state index in [1.165, 1.54) is 22.9 Å². The van der Waals surface area contributed by atoms with Gasteiger partial charge in [0.15, 0.2) is 5.17 Å². The average molecular weight is 544 g/mol. The molecule has 0 saturated carbocycles. The molecule has 2 aliphatic rings. The number of aryl methyl sites for hydroxylation is 1. The number of nitrogens with zero attached hydrogens (tertiary/aromatic N) is 3. The second-order valence-electron chi connectivity index (χ2n) is 9.33. The maximum absolute atomic E-state index is 13.5. The number of hydrogen-bond acceptors (Lipinski definition) is 7. The molecule has 0 aliphatic carbocycles. The van der Waals surface area contributed by atoms with Gasteiger partial charge in [0.25, 0.3) is 5.91 Å². The van der Waals surface area contributed by atoms with E-state index >= 15 is 0 Å². The molecule has 3 aromatic rings. The standard InChI is InChI=1S/C29H29N5O4S/c1-3-24(27(36)31-16-19-12-10-18(2)11-13-19)39-29-33-22-9-5-4-8-21(22)26-32-23(28(37)34(26)29)15-25(35)30-17-20-7-6-14-38-20/h4-14,23-24H,3,15-17H2,1-2H3,(H,30,35)(H,31,36)/t23-,24-/m0/s1. The van der Waals surface area contributed by atoms with E-state index in [2.05, 4.69) is 15.6 Å². The molecule has 0 unspecified atom stereocenters. The molecule has 2 aliphatic heterocycles. The molecule has 3 amide bonds. The summed E-state index contributed by atoms with van der Waals surface area (Å²) < 4.78 is 5.25. The lowest BCUT2D eigenvalue weighted by molar-refractivity contribution is -0.128. The van der Waals surface area contributed by atoms with Gasteiger partial charge in [0, 0.05) is 12.1 Å². The lowest BCUT2D eigenvalue weighted by atomic mass is 10.1. The first kappa shape index (κ1) is 26.4. The van der Waals surface area contributed by atoms with Crippen LogP contribution in [0.2, 0.25) is 0 Å². The summed E-state index contributed by atoms with van der Waals surface area (Å²) >= 11 is 1.23. The van der Waals surface area contributed by atoms with E-state index in [-0.39, 0.29) is 30.7 Å². The number of hydrogen-bond donors (Lipinski definition) is 2. The number of fused-ring (bicyclic) bond motifs is 3. The smallest absolute Gasteiger partial charge is 0.259 e. The summed E-state index contributed by atoms with van der Waals surface area (Å²) in [6.07, 6.45) is 1.97. The lowest BCUT2D eigenvalue weighted by Gasteiger charge is -2.27. The summed E-state index contributed by atoms with van der Waals surface area (Å²) in [7, 11) is 0. The van der Waals surface area contributed by atoms with Gasteiger partial charge in [0.2, 0.25) is 11.8 Å². The first-order valence-electron chi connectivity index (χ1n) is 12.8. The predicted molar refractivity (Wildman–Crippen MR) is 151 cm³/mol. The van der Waals surface area contributed by atoms with Crippen molar-refractivity contribution in [2.75, 3.05) is 0 Å². The number of carbonyl (C=O) groups excluding carboxylic acids is 3. The van der Waals surface area contributed by atoms with Crippen LogP contribution in [0.1, 0.15) is 42.2 Å². The Kier molecular flexibility index (Phi) is 7.92. The molecule has 10 heteroatoms. The van der Waals surface area contributed by atoms with Crippen molar-refractivity contribution >= 4 is 46.2 Å². The number of aliphatic imine (C=N–C) groups is 2. The topological polar surface area (TPSA) is 116 Å². The zero-order valence-electron chi connectivity index (χ0n) is 21.7. The lowest BCUT2D eigenvalue weighted by Crippen LogP contribution is -2.43. The van der Waals surface area contributed by atoms with E-state index in [0.717, 1.165) is 11.1 Å². The minimum absolute atomic E-state index is 0.103. The highest BCUT2D eigenvalue weighted by atomic mass is 32.2. The zero-order valence-corrected chi connectivity index (χ0v) is 22.5. The molecule has 39 heavy (non-hydrogen) atoms. The highest BCUT2D eigenvalue weighted by molar-refractivity contribution is 8.15. The van der Waals surface area contributed by atoms with Gasteiger partial charge in [-0.3, -0.25) is 19.4 Å². The Labute approximate surface area is 230 Å². The van der Waals surface area contributed by atoms with E-state index < -0.39 is 11.3 Å². The minimum atomic E-state index is -0.885. The Hall–Kier alpha value is -4.18. The van der Waals surface area contributed by atoms with E-state index in [1.807, 2.05) is 62.4 Å². The Bertz CT molecular complexity index is 1430. The second-order valence-corrected chi connectivity index (χ2v) is 10.5. The third-order valence-electron chi connectivity index (χ3n) is 6.46. The molecule has 200 valence electrons. The van der Waals surface area contributed by atoms with Gasteiger partial charge in [0.1, 0.15) is 17.6 Å². The molecule has 3 heterocycles. The Morgan fingerprint density at radius 1 is 1.05 bits per heavy atom. The molecule has 0 bridgehead atoms. The van der Waals surface area contributed by atoms with Crippen LogP contribution in [0.15, 0.2) is 81.3 Å². The van der Waals surface area contributed by atoms with Crippen molar-refractivity contribution in [2.24, 2.45) is 9.98 Å². The third kappa shape index (κ3) is 5.96. The van der Waals surface area contributed by atoms with Crippen LogP contribution in [0.3, 0.4) is 0 Å². The Balaban J connectivity index is 1.30. The van der Waals surface area contributed by atoms with Gasteiger partial charge in [-0.1, -0.05) is 60.6 Å². The van der Waals surface area contributed by atoms with E-state index in [0.29, 0.717) is 41.0 Å². The zero-order chi connectivity index (χ0) is 27.4. The van der Waals surface area contributed by atoms with E-state index in [1.54, 1.807) is 12.1 Å². The number of thioether (sulfide) groups is 1. The van der Waals surface area contributed by atoms with Crippen LogP contribution in [-0.4, -0.2) is 44.9 Å². The molecular weight excluding hydrogens is 514 g/mol. The van der Waals surface area contributed by atoms with Gasteiger partial charge < -0.3 is 15.1 Å². The number of carbonyl (C=O) groups is 3. The molecule has 5 rings (SSSR count). The van der Waals surface area contributed by atoms with Crippen molar-refractivity contribution in [3.8, 4) is 0 Å². The number of furan rings is 1. The molecule has 0 fully saturated rings. The van der Waals surface area contributed by atoms with Crippen LogP contribution < -0.4 is 10.6 Å². The number of rotatable bonds is 9. The molecule has 9 nitrogen and oxygen atoms in total. The summed E-state index contributed by atoms with van der Waals surface area (Å²) in [5.74, 6) is 0.287. The molecule has 0 spiro atoms. The molecule has 0 saturated heterocycles. The maximum Gasteiger partial charge on any atom is 0.259 e. The quantitative estimate of drug-likeness (QED) is 0.422. The predicted octanol–water partition coefficient (Wildman–Crippen LogP) is 4.08. The number of amidine groups is 2. The average Bonchev–Trinajstić information content (AvgIpc) is 3.58. The summed E-state index contributed by atoms with van der Waals surface area (Å²) in [4.78, 5) is 50.1. The van der Waals surface area contributed by atoms with Crippen LogP contribution in [0.25, 0.3) is 0 Å². The SMILES string of the molecule is CC[C@H](SC1=Nc2ccccc2C2=N[C@@H](CC(=O)NCc3ccco3)C(=O)N12)C(=O)NCc1ccc(C)cc1. The second kappa shape index (κ2) is 11.7. The Morgan fingerprint density at radius 2 is 1.85 bits per heavy atom. The monoisotopic (exact) mass is 543 g/mol. The van der Waals surface area contributed by atoms with Crippen molar-refractivity contribution in [3.63, 3.8) is 0 Å². The molecular formula is C29H29N5O4S. The summed E-state index contributed by atoms with van der Waals surface area (Å²) in [5, 5.41) is 5.68. The van der Waals surface area contributed by atoms with E-state index in [4.69, 9.17) is 9.41 Å². The highest BCUT2D eigenvalue weighted by Crippen LogP contribution is 2.35. The largest absolute Gasteiger partial charge is 0.467 e. The number of para-hydroxylation sites is 1. The van der Waals surface area contributed by atoms with Crippen LogP contribution in [0, 0.1) is 6.92 Å². The van der Waals surface area contributed by atoms with Crippen molar-refractivity contribution in [2.45, 2.75) is 51.1 Å². The third-order valence-corrected chi connectivity index (χ3v) is 7.78. The summed E-state index contributed by atoms with van der Waals surface area (Å²) in [6, 6.07) is 18.0. The van der Waals surface area contributed by atoms with Gasteiger partial charge in [-0.25, -0.2) is 9.89 Å². The van der Waals surface area contributed by atoms with Crippen molar-refractivity contribution in [1.82, 2.24) is 15.5 Å². The van der Waals surface area contributed by atoms with Crippen LogP contribution in [0.5, 0.6) is 0 Å².